The highest BCUT2D eigenvalue weighted by Crippen LogP contribution is 2.39. The third-order valence-corrected chi connectivity index (χ3v) is 8.62. The van der Waals surface area contributed by atoms with Crippen molar-refractivity contribution in [1.29, 1.82) is 0 Å². The van der Waals surface area contributed by atoms with Gasteiger partial charge in [0.1, 0.15) is 0 Å². The molecule has 1 aliphatic carbocycles. The molecular formula is C24H22N4O3S. The summed E-state index contributed by atoms with van der Waals surface area (Å²) in [6.45, 7) is 3.07. The summed E-state index contributed by atoms with van der Waals surface area (Å²) >= 11 is 0. The number of H-pyrrole nitrogens is 1. The van der Waals surface area contributed by atoms with Gasteiger partial charge in [0.15, 0.2) is 0 Å². The van der Waals surface area contributed by atoms with Gasteiger partial charge < -0.3 is 4.98 Å². The lowest BCUT2D eigenvalue weighted by molar-refractivity contribution is 0.181. The number of rotatable bonds is 4. The van der Waals surface area contributed by atoms with E-state index in [9.17, 15) is 13.2 Å². The first kappa shape index (κ1) is 19.6. The van der Waals surface area contributed by atoms with Crippen molar-refractivity contribution in [2.24, 2.45) is 0 Å². The smallest absolute Gasteiger partial charge is 0.256 e. The molecule has 1 saturated heterocycles. The zero-order valence-corrected chi connectivity index (χ0v) is 18.2. The highest BCUT2D eigenvalue weighted by atomic mass is 32.2. The Morgan fingerprint density at radius 2 is 1.72 bits per heavy atom. The van der Waals surface area contributed by atoms with Crippen LogP contribution in [-0.4, -0.2) is 53.8 Å². The van der Waals surface area contributed by atoms with Crippen molar-refractivity contribution >= 4 is 31.7 Å². The number of sulfonamides is 1. The van der Waals surface area contributed by atoms with Gasteiger partial charge in [0.05, 0.1) is 4.90 Å². The molecule has 0 saturated carbocycles. The minimum absolute atomic E-state index is 0.136. The maximum Gasteiger partial charge on any atom is 0.256 e. The van der Waals surface area contributed by atoms with Crippen molar-refractivity contribution in [3.8, 4) is 0 Å². The monoisotopic (exact) mass is 446 g/mol. The van der Waals surface area contributed by atoms with Crippen LogP contribution >= 0.6 is 0 Å². The van der Waals surface area contributed by atoms with Crippen LogP contribution in [0.15, 0.2) is 64.5 Å². The van der Waals surface area contributed by atoms with E-state index in [1.165, 1.54) is 5.56 Å². The maximum atomic E-state index is 13.7. The minimum Gasteiger partial charge on any atom is -0.321 e. The lowest BCUT2D eigenvalue weighted by Crippen LogP contribution is -2.48. The fourth-order valence-electron chi connectivity index (χ4n) is 5.06. The quantitative estimate of drug-likeness (QED) is 0.429. The summed E-state index contributed by atoms with van der Waals surface area (Å²) < 4.78 is 28.9. The topological polar surface area (TPSA) is 86.4 Å². The number of nitrogens with zero attached hydrogens (tertiary/aromatic N) is 3. The number of hydrogen-bond acceptors (Lipinski definition) is 5. The Balaban J connectivity index is 1.33. The Morgan fingerprint density at radius 1 is 0.938 bits per heavy atom. The molecule has 7 nitrogen and oxygen atoms in total. The van der Waals surface area contributed by atoms with Crippen molar-refractivity contribution in [2.45, 2.75) is 17.9 Å². The molecule has 0 amide bonds. The van der Waals surface area contributed by atoms with Crippen molar-refractivity contribution < 1.29 is 8.42 Å². The van der Waals surface area contributed by atoms with Crippen LogP contribution in [0.3, 0.4) is 0 Å². The van der Waals surface area contributed by atoms with Gasteiger partial charge in [-0.15, -0.1) is 0 Å². The second-order valence-corrected chi connectivity index (χ2v) is 10.4. The molecule has 6 rings (SSSR count). The molecule has 2 aromatic carbocycles. The van der Waals surface area contributed by atoms with E-state index >= 15 is 0 Å². The number of benzene rings is 2. The van der Waals surface area contributed by atoms with E-state index in [1.54, 1.807) is 34.9 Å². The first-order valence-electron chi connectivity index (χ1n) is 10.7. The Kier molecular flexibility index (Phi) is 4.43. The molecule has 1 N–H and O–H groups in total. The van der Waals surface area contributed by atoms with E-state index < -0.39 is 10.0 Å². The average Bonchev–Trinajstić information content (AvgIpc) is 3.20. The van der Waals surface area contributed by atoms with Gasteiger partial charge in [0.2, 0.25) is 10.0 Å². The molecular weight excluding hydrogens is 424 g/mol. The van der Waals surface area contributed by atoms with Crippen LogP contribution in [0.2, 0.25) is 0 Å². The molecule has 162 valence electrons. The number of pyridine rings is 2. The Morgan fingerprint density at radius 3 is 2.50 bits per heavy atom. The number of nitrogens with one attached hydrogen (secondary N) is 1. The Bertz CT molecular complexity index is 1520. The van der Waals surface area contributed by atoms with E-state index in [0.717, 1.165) is 28.4 Å². The van der Waals surface area contributed by atoms with Crippen LogP contribution < -0.4 is 5.56 Å². The molecule has 4 aromatic rings. The molecule has 0 bridgehead atoms. The van der Waals surface area contributed by atoms with E-state index in [4.69, 9.17) is 0 Å². The van der Waals surface area contributed by atoms with Gasteiger partial charge in [-0.1, -0.05) is 12.1 Å². The molecule has 3 heterocycles. The SMILES string of the molecule is O=c1[nH]c2ccc(S(=O)(=O)N3CCN(Cc4ccncc4)CC3)c3c2c2c(cccc12)C3. The molecule has 0 spiro atoms. The maximum absolute atomic E-state index is 13.7. The Labute approximate surface area is 185 Å². The zero-order chi connectivity index (χ0) is 21.9. The fraction of sp³-hybridized carbons (Fsp3) is 0.250. The van der Waals surface area contributed by atoms with Crippen molar-refractivity contribution in [1.82, 2.24) is 19.2 Å². The average molecular weight is 447 g/mol. The lowest BCUT2D eigenvalue weighted by Gasteiger charge is -2.34. The minimum atomic E-state index is -3.64. The van der Waals surface area contributed by atoms with Crippen molar-refractivity contribution in [2.75, 3.05) is 26.2 Å². The molecule has 0 radical (unpaired) electrons. The van der Waals surface area contributed by atoms with Crippen molar-refractivity contribution in [3.05, 3.63) is 81.9 Å². The molecule has 0 atom stereocenters. The van der Waals surface area contributed by atoms with Crippen LogP contribution in [0.25, 0.3) is 21.7 Å². The predicted molar refractivity (Wildman–Crippen MR) is 123 cm³/mol. The van der Waals surface area contributed by atoms with E-state index in [2.05, 4.69) is 14.9 Å². The van der Waals surface area contributed by atoms with Crippen molar-refractivity contribution in [3.63, 3.8) is 0 Å². The highest BCUT2D eigenvalue weighted by molar-refractivity contribution is 7.89. The Hall–Kier alpha value is -3.07. The summed E-state index contributed by atoms with van der Waals surface area (Å²) in [6.07, 6.45) is 4.08. The van der Waals surface area contributed by atoms with Crippen LogP contribution in [0, 0.1) is 0 Å². The van der Waals surface area contributed by atoms with Gasteiger partial charge in [0, 0.05) is 73.2 Å². The van der Waals surface area contributed by atoms with Gasteiger partial charge in [0.25, 0.3) is 5.56 Å². The van der Waals surface area contributed by atoms with Gasteiger partial charge in [-0.25, -0.2) is 8.42 Å². The number of hydrogen-bond donors (Lipinski definition) is 1. The summed E-state index contributed by atoms with van der Waals surface area (Å²) in [4.78, 5) is 22.1. The summed E-state index contributed by atoms with van der Waals surface area (Å²) in [6, 6.07) is 13.0. The molecule has 0 unspecified atom stereocenters. The second-order valence-electron chi connectivity index (χ2n) is 8.47. The van der Waals surface area contributed by atoms with Gasteiger partial charge in [-0.3, -0.25) is 14.7 Å². The third-order valence-electron chi connectivity index (χ3n) is 6.64. The van der Waals surface area contributed by atoms with Crippen LogP contribution in [-0.2, 0) is 23.0 Å². The summed E-state index contributed by atoms with van der Waals surface area (Å²) in [7, 11) is -3.64. The first-order chi connectivity index (χ1) is 15.5. The van der Waals surface area contributed by atoms with Gasteiger partial charge >= 0.3 is 0 Å². The molecule has 1 aliphatic heterocycles. The number of piperazine rings is 1. The van der Waals surface area contributed by atoms with E-state index in [0.29, 0.717) is 48.4 Å². The normalized spacial score (nSPS) is 17.0. The number of aromatic amines is 1. The lowest BCUT2D eigenvalue weighted by atomic mass is 10.1. The summed E-state index contributed by atoms with van der Waals surface area (Å²) in [5, 5.41) is 2.38. The van der Waals surface area contributed by atoms with E-state index in [1.807, 2.05) is 24.3 Å². The molecule has 2 aromatic heterocycles. The number of aromatic nitrogens is 2. The van der Waals surface area contributed by atoms with E-state index in [-0.39, 0.29) is 5.56 Å². The summed E-state index contributed by atoms with van der Waals surface area (Å²) in [5.74, 6) is 0. The zero-order valence-electron chi connectivity index (χ0n) is 17.4. The second kappa shape index (κ2) is 7.23. The van der Waals surface area contributed by atoms with Gasteiger partial charge in [-0.2, -0.15) is 4.31 Å². The third kappa shape index (κ3) is 2.98. The molecule has 1 fully saturated rings. The highest BCUT2D eigenvalue weighted by Gasteiger charge is 2.33. The van der Waals surface area contributed by atoms with Gasteiger partial charge in [-0.05, 0) is 47.0 Å². The van der Waals surface area contributed by atoms with Crippen LogP contribution in [0.4, 0.5) is 0 Å². The molecule has 32 heavy (non-hydrogen) atoms. The van der Waals surface area contributed by atoms with Crippen LogP contribution in [0.5, 0.6) is 0 Å². The molecule has 8 heteroatoms. The standard InChI is InChI=1S/C24H22N4O3S/c29-24-18-3-1-2-17-14-19-21(5-4-20(26-24)23(19)22(17)18)32(30,31)28-12-10-27(11-13-28)15-16-6-8-25-9-7-16/h1-9H,10-15H2,(H,26,29). The predicted octanol–water partition coefficient (Wildman–Crippen LogP) is 2.49. The first-order valence-corrected chi connectivity index (χ1v) is 12.2. The fourth-order valence-corrected chi connectivity index (χ4v) is 6.71. The molecule has 2 aliphatic rings. The summed E-state index contributed by atoms with van der Waals surface area (Å²) in [5.41, 5.74) is 3.55. The largest absolute Gasteiger partial charge is 0.321 e. The van der Waals surface area contributed by atoms with Crippen LogP contribution in [0.1, 0.15) is 16.7 Å².